The molecule has 3 heterocycles. The van der Waals surface area contributed by atoms with Gasteiger partial charge < -0.3 is 10.2 Å². The van der Waals surface area contributed by atoms with Crippen LogP contribution in [0.2, 0.25) is 0 Å². The lowest BCUT2D eigenvalue weighted by Crippen LogP contribution is -2.51. The lowest BCUT2D eigenvalue weighted by molar-refractivity contribution is 0.0714. The summed E-state index contributed by atoms with van der Waals surface area (Å²) in [5.41, 5.74) is 0.742. The van der Waals surface area contributed by atoms with Crippen molar-refractivity contribution in [2.24, 2.45) is 0 Å². The van der Waals surface area contributed by atoms with Crippen molar-refractivity contribution in [1.82, 2.24) is 30.4 Å². The van der Waals surface area contributed by atoms with Gasteiger partial charge in [0.1, 0.15) is 11.2 Å². The van der Waals surface area contributed by atoms with Crippen LogP contribution in [0.1, 0.15) is 16.6 Å². The van der Waals surface area contributed by atoms with Crippen molar-refractivity contribution in [3.8, 4) is 5.69 Å². The zero-order valence-corrected chi connectivity index (χ0v) is 11.3. The Balaban J connectivity index is 1.86. The smallest absolute Gasteiger partial charge is 0.266 e. The molecule has 0 bridgehead atoms. The molecular formula is C11H14N6OS. The summed E-state index contributed by atoms with van der Waals surface area (Å²) in [6, 6.07) is 2.19. The summed E-state index contributed by atoms with van der Waals surface area (Å²) in [7, 11) is 0. The number of hydrogen-bond donors (Lipinski definition) is 1. The lowest BCUT2D eigenvalue weighted by atomic mass is 10.2. The molecule has 0 aliphatic carbocycles. The van der Waals surface area contributed by atoms with E-state index >= 15 is 0 Å². The van der Waals surface area contributed by atoms with Gasteiger partial charge in [0.25, 0.3) is 5.91 Å². The Morgan fingerprint density at radius 3 is 3.21 bits per heavy atom. The molecule has 100 valence electrons. The van der Waals surface area contributed by atoms with E-state index in [0.29, 0.717) is 10.9 Å². The van der Waals surface area contributed by atoms with Crippen molar-refractivity contribution in [1.29, 1.82) is 0 Å². The van der Waals surface area contributed by atoms with E-state index in [2.05, 4.69) is 27.8 Å². The maximum Gasteiger partial charge on any atom is 0.266 e. The van der Waals surface area contributed by atoms with Crippen LogP contribution in [-0.2, 0) is 0 Å². The number of carbonyl (C=O) groups excluding carboxylic acids is 1. The van der Waals surface area contributed by atoms with Crippen LogP contribution in [0.3, 0.4) is 0 Å². The zero-order chi connectivity index (χ0) is 13.2. The number of rotatable bonds is 2. The van der Waals surface area contributed by atoms with Gasteiger partial charge in [0, 0.05) is 25.7 Å². The number of nitrogens with zero attached hydrogens (tertiary/aromatic N) is 5. The van der Waals surface area contributed by atoms with Gasteiger partial charge in [0.15, 0.2) is 0 Å². The summed E-state index contributed by atoms with van der Waals surface area (Å²) < 4.78 is 1.52. The number of thiophene rings is 1. The normalized spacial score (nSPS) is 19.6. The van der Waals surface area contributed by atoms with E-state index in [4.69, 9.17) is 0 Å². The molecule has 0 saturated carbocycles. The third-order valence-corrected chi connectivity index (χ3v) is 3.98. The highest BCUT2D eigenvalue weighted by atomic mass is 32.1. The first-order valence-corrected chi connectivity index (χ1v) is 6.97. The average molecular weight is 278 g/mol. The first-order valence-electron chi connectivity index (χ1n) is 6.09. The number of nitrogens with one attached hydrogen (secondary N) is 1. The molecule has 1 atom stereocenters. The van der Waals surface area contributed by atoms with Crippen LogP contribution >= 0.6 is 11.3 Å². The van der Waals surface area contributed by atoms with Crippen LogP contribution in [-0.4, -0.2) is 56.7 Å². The molecular weight excluding hydrogens is 264 g/mol. The van der Waals surface area contributed by atoms with Gasteiger partial charge in [0.2, 0.25) is 0 Å². The molecule has 0 spiro atoms. The van der Waals surface area contributed by atoms with Crippen LogP contribution in [0.4, 0.5) is 0 Å². The number of tetrazole rings is 1. The number of amides is 1. The SMILES string of the molecule is CC1CN(C(=O)c2sccc2-n2cnnn2)CCN1. The lowest BCUT2D eigenvalue weighted by Gasteiger charge is -2.31. The molecule has 0 aromatic carbocycles. The molecule has 19 heavy (non-hydrogen) atoms. The highest BCUT2D eigenvalue weighted by molar-refractivity contribution is 7.12. The molecule has 1 fully saturated rings. The van der Waals surface area contributed by atoms with Crippen LogP contribution in [0.15, 0.2) is 17.8 Å². The molecule has 1 unspecified atom stereocenters. The Hall–Kier alpha value is -1.80. The Bertz CT molecular complexity index is 566. The molecule has 2 aromatic rings. The second kappa shape index (κ2) is 5.06. The van der Waals surface area contributed by atoms with Crippen molar-refractivity contribution in [2.75, 3.05) is 19.6 Å². The monoisotopic (exact) mass is 278 g/mol. The highest BCUT2D eigenvalue weighted by Crippen LogP contribution is 2.22. The van der Waals surface area contributed by atoms with E-state index in [1.807, 2.05) is 16.3 Å². The average Bonchev–Trinajstić information content (AvgIpc) is 3.08. The topological polar surface area (TPSA) is 75.9 Å². The first kappa shape index (κ1) is 12.2. The molecule has 1 aliphatic heterocycles. The Kier molecular flexibility index (Phi) is 3.26. The third-order valence-electron chi connectivity index (χ3n) is 3.09. The van der Waals surface area contributed by atoms with Crippen molar-refractivity contribution in [3.05, 3.63) is 22.7 Å². The molecule has 3 rings (SSSR count). The van der Waals surface area contributed by atoms with Crippen molar-refractivity contribution >= 4 is 17.2 Å². The van der Waals surface area contributed by atoms with Gasteiger partial charge in [-0.25, -0.2) is 0 Å². The van der Waals surface area contributed by atoms with Gasteiger partial charge in [-0.1, -0.05) is 0 Å². The second-order valence-electron chi connectivity index (χ2n) is 4.50. The van der Waals surface area contributed by atoms with E-state index < -0.39 is 0 Å². The van der Waals surface area contributed by atoms with Gasteiger partial charge in [-0.2, -0.15) is 4.68 Å². The fourth-order valence-corrected chi connectivity index (χ4v) is 3.02. The molecule has 8 heteroatoms. The molecule has 1 amide bonds. The van der Waals surface area contributed by atoms with Crippen LogP contribution in [0.25, 0.3) is 5.69 Å². The molecule has 0 radical (unpaired) electrons. The summed E-state index contributed by atoms with van der Waals surface area (Å²) in [5, 5.41) is 16.3. The maximum absolute atomic E-state index is 12.5. The minimum atomic E-state index is 0.0499. The number of carbonyl (C=O) groups is 1. The van der Waals surface area contributed by atoms with E-state index in [-0.39, 0.29) is 5.91 Å². The van der Waals surface area contributed by atoms with E-state index in [0.717, 1.165) is 25.3 Å². The number of aromatic nitrogens is 4. The summed E-state index contributed by atoms with van der Waals surface area (Å²) in [5.74, 6) is 0.0499. The highest BCUT2D eigenvalue weighted by Gasteiger charge is 2.25. The van der Waals surface area contributed by atoms with Gasteiger partial charge >= 0.3 is 0 Å². The van der Waals surface area contributed by atoms with Crippen LogP contribution in [0.5, 0.6) is 0 Å². The predicted molar refractivity (Wildman–Crippen MR) is 70.4 cm³/mol. The zero-order valence-electron chi connectivity index (χ0n) is 10.5. The molecule has 1 saturated heterocycles. The fourth-order valence-electron chi connectivity index (χ4n) is 2.18. The van der Waals surface area contributed by atoms with E-state index in [1.54, 1.807) is 0 Å². The minimum Gasteiger partial charge on any atom is -0.335 e. The number of hydrogen-bond acceptors (Lipinski definition) is 6. The summed E-state index contributed by atoms with van der Waals surface area (Å²) >= 11 is 1.42. The molecule has 1 aliphatic rings. The summed E-state index contributed by atoms with van der Waals surface area (Å²) in [4.78, 5) is 15.1. The van der Waals surface area contributed by atoms with E-state index in [1.165, 1.54) is 22.3 Å². The van der Waals surface area contributed by atoms with Gasteiger partial charge in [0.05, 0.1) is 5.69 Å². The molecule has 1 N–H and O–H groups in total. The molecule has 7 nitrogen and oxygen atoms in total. The Labute approximate surface area is 114 Å². The largest absolute Gasteiger partial charge is 0.335 e. The summed E-state index contributed by atoms with van der Waals surface area (Å²) in [6.45, 7) is 4.37. The van der Waals surface area contributed by atoms with Crippen molar-refractivity contribution < 1.29 is 4.79 Å². The Morgan fingerprint density at radius 2 is 2.47 bits per heavy atom. The standard InChI is InChI=1S/C11H14N6OS/c1-8-6-16(4-3-12-8)11(18)10-9(2-5-19-10)17-7-13-14-15-17/h2,5,7-8,12H,3-4,6H2,1H3. The maximum atomic E-state index is 12.5. The quantitative estimate of drug-likeness (QED) is 0.846. The van der Waals surface area contributed by atoms with E-state index in [9.17, 15) is 4.79 Å². The number of piperazine rings is 1. The second-order valence-corrected chi connectivity index (χ2v) is 5.41. The van der Waals surface area contributed by atoms with Crippen molar-refractivity contribution in [3.63, 3.8) is 0 Å². The molecule has 2 aromatic heterocycles. The minimum absolute atomic E-state index is 0.0499. The van der Waals surface area contributed by atoms with Crippen molar-refractivity contribution in [2.45, 2.75) is 13.0 Å². The third kappa shape index (κ3) is 2.36. The first-order chi connectivity index (χ1) is 9.25. The van der Waals surface area contributed by atoms with Gasteiger partial charge in [-0.15, -0.1) is 16.4 Å². The van der Waals surface area contributed by atoms with Crippen LogP contribution in [0, 0.1) is 0 Å². The van der Waals surface area contributed by atoms with Gasteiger partial charge in [-0.05, 0) is 28.8 Å². The predicted octanol–water partition coefficient (Wildman–Crippen LogP) is 0.158. The van der Waals surface area contributed by atoms with Crippen LogP contribution < -0.4 is 5.32 Å². The fraction of sp³-hybridized carbons (Fsp3) is 0.455. The summed E-state index contributed by atoms with van der Waals surface area (Å²) in [6.07, 6.45) is 1.50. The Morgan fingerprint density at radius 1 is 1.58 bits per heavy atom. The van der Waals surface area contributed by atoms with Gasteiger partial charge in [-0.3, -0.25) is 4.79 Å².